The van der Waals surface area contributed by atoms with E-state index in [9.17, 15) is 10.1 Å². The normalized spacial score (nSPS) is 12.2. The minimum atomic E-state index is -0.420. The Labute approximate surface area is 100 Å². The zero-order chi connectivity index (χ0) is 13.0. The second-order valence-corrected chi connectivity index (χ2v) is 4.26. The number of nitro benzene ring substituents is 1. The molecule has 1 atom stereocenters. The summed E-state index contributed by atoms with van der Waals surface area (Å²) in [6.07, 6.45) is 0. The maximum absolute atomic E-state index is 10.8. The Morgan fingerprint density at radius 2 is 2.06 bits per heavy atom. The van der Waals surface area contributed by atoms with Crippen molar-refractivity contribution in [1.82, 2.24) is 0 Å². The van der Waals surface area contributed by atoms with Crippen molar-refractivity contribution >= 4 is 5.69 Å². The molecular formula is C12H17NO4. The van der Waals surface area contributed by atoms with E-state index in [0.29, 0.717) is 17.9 Å². The molecule has 5 heteroatoms. The van der Waals surface area contributed by atoms with Crippen LogP contribution in [0.3, 0.4) is 0 Å². The van der Waals surface area contributed by atoms with Gasteiger partial charge in [-0.1, -0.05) is 6.92 Å². The molecule has 0 aliphatic rings. The number of ether oxygens (including phenoxy) is 1. The van der Waals surface area contributed by atoms with E-state index < -0.39 is 4.92 Å². The van der Waals surface area contributed by atoms with Gasteiger partial charge in [-0.3, -0.25) is 10.1 Å². The van der Waals surface area contributed by atoms with Gasteiger partial charge in [-0.15, -0.1) is 0 Å². The molecule has 0 spiro atoms. The van der Waals surface area contributed by atoms with Crippen molar-refractivity contribution in [2.75, 3.05) is 13.2 Å². The van der Waals surface area contributed by atoms with Crippen molar-refractivity contribution in [3.63, 3.8) is 0 Å². The number of hydrogen-bond donors (Lipinski definition) is 1. The van der Waals surface area contributed by atoms with E-state index in [2.05, 4.69) is 0 Å². The lowest BCUT2D eigenvalue weighted by Gasteiger charge is -2.13. The maximum atomic E-state index is 10.8. The Morgan fingerprint density at radius 1 is 1.41 bits per heavy atom. The van der Waals surface area contributed by atoms with Gasteiger partial charge in [0.25, 0.3) is 5.69 Å². The Morgan fingerprint density at radius 3 is 2.59 bits per heavy atom. The van der Waals surface area contributed by atoms with Crippen molar-refractivity contribution in [3.8, 4) is 5.75 Å². The second-order valence-electron chi connectivity index (χ2n) is 4.26. The molecular weight excluding hydrogens is 222 g/mol. The third-order valence-corrected chi connectivity index (χ3v) is 2.53. The second kappa shape index (κ2) is 5.63. The van der Waals surface area contributed by atoms with Crippen LogP contribution < -0.4 is 4.74 Å². The number of aliphatic hydroxyl groups is 1. The minimum Gasteiger partial charge on any atom is -0.493 e. The molecule has 0 saturated heterocycles. The van der Waals surface area contributed by atoms with E-state index >= 15 is 0 Å². The molecule has 0 saturated carbocycles. The molecule has 0 amide bonds. The molecule has 0 aromatic heterocycles. The van der Waals surface area contributed by atoms with Gasteiger partial charge in [-0.2, -0.15) is 0 Å². The van der Waals surface area contributed by atoms with Crippen LogP contribution in [-0.2, 0) is 0 Å². The molecule has 5 nitrogen and oxygen atoms in total. The highest BCUT2D eigenvalue weighted by molar-refractivity contribution is 5.49. The average molecular weight is 239 g/mol. The first-order chi connectivity index (χ1) is 7.95. The number of nitro groups is 1. The van der Waals surface area contributed by atoms with Gasteiger partial charge in [0.15, 0.2) is 0 Å². The van der Waals surface area contributed by atoms with Crippen LogP contribution in [0.25, 0.3) is 0 Å². The van der Waals surface area contributed by atoms with Crippen molar-refractivity contribution in [1.29, 1.82) is 0 Å². The largest absolute Gasteiger partial charge is 0.493 e. The topological polar surface area (TPSA) is 72.6 Å². The van der Waals surface area contributed by atoms with Gasteiger partial charge in [0.05, 0.1) is 17.6 Å². The van der Waals surface area contributed by atoms with Gasteiger partial charge < -0.3 is 9.84 Å². The molecule has 1 N–H and O–H groups in total. The molecule has 1 aromatic carbocycles. The first kappa shape index (κ1) is 13.4. The first-order valence-electron chi connectivity index (χ1n) is 5.45. The monoisotopic (exact) mass is 239 g/mol. The molecule has 1 unspecified atom stereocenters. The minimum absolute atomic E-state index is 0.00904. The van der Waals surface area contributed by atoms with Crippen LogP contribution >= 0.6 is 0 Å². The van der Waals surface area contributed by atoms with E-state index in [4.69, 9.17) is 9.84 Å². The summed E-state index contributed by atoms with van der Waals surface area (Å²) < 4.78 is 5.47. The van der Waals surface area contributed by atoms with Crippen LogP contribution in [-0.4, -0.2) is 23.2 Å². The summed E-state index contributed by atoms with van der Waals surface area (Å²) in [7, 11) is 0. The summed E-state index contributed by atoms with van der Waals surface area (Å²) in [5.74, 6) is 0.511. The number of aliphatic hydroxyl groups excluding tert-OH is 1. The van der Waals surface area contributed by atoms with E-state index in [1.54, 1.807) is 13.0 Å². The Hall–Kier alpha value is -1.62. The van der Waals surface area contributed by atoms with Crippen LogP contribution in [0.5, 0.6) is 5.75 Å². The van der Waals surface area contributed by atoms with Gasteiger partial charge in [-0.25, -0.2) is 0 Å². The standard InChI is InChI=1S/C12H17NO4/c1-8(6-14)7-17-12-5-11(13(15)16)9(2)4-10(12)3/h4-5,8,14H,6-7H2,1-3H3. The Balaban J connectivity index is 2.92. The molecule has 17 heavy (non-hydrogen) atoms. The highest BCUT2D eigenvalue weighted by Gasteiger charge is 2.14. The lowest BCUT2D eigenvalue weighted by Crippen LogP contribution is -2.12. The number of nitrogens with zero attached hydrogens (tertiary/aromatic N) is 1. The molecule has 94 valence electrons. The fourth-order valence-corrected chi connectivity index (χ4v) is 1.46. The van der Waals surface area contributed by atoms with Crippen molar-refractivity contribution < 1.29 is 14.8 Å². The predicted molar refractivity (Wildman–Crippen MR) is 64.3 cm³/mol. The zero-order valence-electron chi connectivity index (χ0n) is 10.3. The number of aryl methyl sites for hydroxylation is 2. The van der Waals surface area contributed by atoms with Crippen molar-refractivity contribution in [2.24, 2.45) is 5.92 Å². The zero-order valence-corrected chi connectivity index (χ0v) is 10.3. The summed E-state index contributed by atoms with van der Waals surface area (Å²) in [6, 6.07) is 3.17. The van der Waals surface area contributed by atoms with Crippen molar-refractivity contribution in [3.05, 3.63) is 33.4 Å². The van der Waals surface area contributed by atoms with E-state index in [-0.39, 0.29) is 18.2 Å². The summed E-state index contributed by atoms with van der Waals surface area (Å²) in [5, 5.41) is 19.7. The third kappa shape index (κ3) is 3.42. The summed E-state index contributed by atoms with van der Waals surface area (Å²) >= 11 is 0. The van der Waals surface area contributed by atoms with E-state index in [0.717, 1.165) is 5.56 Å². The molecule has 1 rings (SSSR count). The highest BCUT2D eigenvalue weighted by atomic mass is 16.6. The summed E-state index contributed by atoms with van der Waals surface area (Å²) in [4.78, 5) is 10.4. The molecule has 0 fully saturated rings. The van der Waals surface area contributed by atoms with Gasteiger partial charge in [0.1, 0.15) is 5.75 Å². The fraction of sp³-hybridized carbons (Fsp3) is 0.500. The smallest absolute Gasteiger partial charge is 0.276 e. The van der Waals surface area contributed by atoms with Crippen LogP contribution in [0, 0.1) is 29.9 Å². The van der Waals surface area contributed by atoms with Gasteiger partial charge >= 0.3 is 0 Å². The number of hydrogen-bond acceptors (Lipinski definition) is 4. The molecule has 0 bridgehead atoms. The quantitative estimate of drug-likeness (QED) is 0.631. The predicted octanol–water partition coefficient (Wildman–Crippen LogP) is 2.22. The molecule has 0 radical (unpaired) electrons. The van der Waals surface area contributed by atoms with Crippen LogP contribution in [0.1, 0.15) is 18.1 Å². The molecule has 0 aliphatic carbocycles. The van der Waals surface area contributed by atoms with E-state index in [1.165, 1.54) is 6.07 Å². The lowest BCUT2D eigenvalue weighted by atomic mass is 10.1. The third-order valence-electron chi connectivity index (χ3n) is 2.53. The average Bonchev–Trinajstić information content (AvgIpc) is 2.26. The molecule has 0 heterocycles. The lowest BCUT2D eigenvalue weighted by molar-refractivity contribution is -0.385. The Bertz CT molecular complexity index is 417. The molecule has 0 aliphatic heterocycles. The summed E-state index contributed by atoms with van der Waals surface area (Å²) in [6.45, 7) is 5.77. The van der Waals surface area contributed by atoms with E-state index in [1.807, 2.05) is 13.8 Å². The van der Waals surface area contributed by atoms with Gasteiger partial charge in [-0.05, 0) is 25.5 Å². The fourth-order valence-electron chi connectivity index (χ4n) is 1.46. The maximum Gasteiger partial charge on any atom is 0.276 e. The van der Waals surface area contributed by atoms with Gasteiger partial charge in [0.2, 0.25) is 0 Å². The SMILES string of the molecule is Cc1cc(C)c([N+](=O)[O-])cc1OCC(C)CO. The summed E-state index contributed by atoms with van der Waals surface area (Å²) in [5.41, 5.74) is 1.54. The van der Waals surface area contributed by atoms with Crippen LogP contribution in [0.2, 0.25) is 0 Å². The number of rotatable bonds is 5. The van der Waals surface area contributed by atoms with Crippen LogP contribution in [0.4, 0.5) is 5.69 Å². The van der Waals surface area contributed by atoms with Gasteiger partial charge in [0, 0.05) is 18.1 Å². The molecule has 1 aromatic rings. The van der Waals surface area contributed by atoms with Crippen molar-refractivity contribution in [2.45, 2.75) is 20.8 Å². The number of benzene rings is 1. The van der Waals surface area contributed by atoms with Crippen LogP contribution in [0.15, 0.2) is 12.1 Å². The Kier molecular flexibility index (Phi) is 4.45. The first-order valence-corrected chi connectivity index (χ1v) is 5.45. The highest BCUT2D eigenvalue weighted by Crippen LogP contribution is 2.28.